The molecule has 0 aliphatic carbocycles. The second-order valence-electron chi connectivity index (χ2n) is 12.2. The van der Waals surface area contributed by atoms with Gasteiger partial charge in [-0.2, -0.15) is 0 Å². The number of ether oxygens (including phenoxy) is 3. The van der Waals surface area contributed by atoms with Crippen LogP contribution in [-0.4, -0.2) is 50.3 Å². The summed E-state index contributed by atoms with van der Waals surface area (Å²) < 4.78 is 39.3. The predicted octanol–water partition coefficient (Wildman–Crippen LogP) is 7.97. The maximum Gasteiger partial charge on any atom is 0.413 e. The summed E-state index contributed by atoms with van der Waals surface area (Å²) in [4.78, 5) is 21.3. The number of rotatable bonds is 5. The van der Waals surface area contributed by atoms with E-state index >= 15 is 4.39 Å². The molecule has 4 heterocycles. The molecule has 1 N–H and O–H groups in total. The van der Waals surface area contributed by atoms with Crippen molar-refractivity contribution in [2.45, 2.75) is 77.3 Å². The molecule has 8 nitrogen and oxygen atoms in total. The van der Waals surface area contributed by atoms with Gasteiger partial charge in [0.2, 0.25) is 5.88 Å². The number of nitrogens with zero attached hydrogens (tertiary/aromatic N) is 2. The first-order valence-corrected chi connectivity index (χ1v) is 17.3. The Kier molecular flexibility index (Phi) is 8.31. The third kappa shape index (κ3) is 6.06. The van der Waals surface area contributed by atoms with Gasteiger partial charge in [-0.15, -0.1) is 0 Å². The van der Waals surface area contributed by atoms with Crippen LogP contribution in [0.1, 0.15) is 57.3 Å². The van der Waals surface area contributed by atoms with E-state index in [9.17, 15) is 4.79 Å². The highest BCUT2D eigenvalue weighted by Gasteiger charge is 2.41. The number of anilines is 1. The number of nitrogens with one attached hydrogen (secondary N) is 1. The number of hydrogen-bond acceptors (Lipinski definition) is 7. The highest BCUT2D eigenvalue weighted by Crippen LogP contribution is 2.46. The lowest BCUT2D eigenvalue weighted by atomic mass is 9.93. The van der Waals surface area contributed by atoms with Crippen LogP contribution in [0.5, 0.6) is 5.88 Å². The molecule has 2 aliphatic heterocycles. The van der Waals surface area contributed by atoms with Gasteiger partial charge >= 0.3 is 6.09 Å². The van der Waals surface area contributed by atoms with E-state index in [1.165, 1.54) is 6.20 Å². The Morgan fingerprint density at radius 2 is 1.83 bits per heavy atom. The molecule has 1 amide bonds. The van der Waals surface area contributed by atoms with Gasteiger partial charge in [0.05, 0.1) is 30.9 Å². The molecule has 41 heavy (non-hydrogen) atoms. The second kappa shape index (κ2) is 11.5. The summed E-state index contributed by atoms with van der Waals surface area (Å²) in [6.45, 7) is 14.6. The van der Waals surface area contributed by atoms with E-state index in [0.29, 0.717) is 66.9 Å². The maximum absolute atomic E-state index is 15.8. The minimum atomic E-state index is -2.11. The molecule has 0 spiro atoms. The van der Waals surface area contributed by atoms with Crippen molar-refractivity contribution in [1.82, 2.24) is 9.97 Å². The molecule has 2 aromatic heterocycles. The first-order chi connectivity index (χ1) is 19.4. The van der Waals surface area contributed by atoms with Gasteiger partial charge in [0.1, 0.15) is 17.7 Å². The standard InChI is InChI=1S/C30H37ClFN3O5Si/c1-17-21(15-34-28-25(17)23(9-12-38-28)40-41(5,6)30(2,3)4)20-13-18-14-24(33-16-22(18)26(31)27(20)32)35-29(36)39-19-7-10-37-11-8-19/h13-16,19,23H,7-12H2,1-6H3,(H,33,35,36). The maximum atomic E-state index is 15.8. The SMILES string of the molecule is Cc1c(-c2cc3cc(NC(=O)OC4CCOCC4)ncc3c(Cl)c2F)cnc2c1C(O[Si](C)(C)C(C)(C)C)CCO2. The van der Waals surface area contributed by atoms with Crippen LogP contribution < -0.4 is 10.1 Å². The molecule has 0 radical (unpaired) electrons. The smallest absolute Gasteiger partial charge is 0.413 e. The zero-order valence-corrected chi connectivity index (χ0v) is 26.2. The number of hydrogen-bond donors (Lipinski definition) is 1. The fourth-order valence-electron chi connectivity index (χ4n) is 4.99. The number of amides is 1. The van der Waals surface area contributed by atoms with Crippen molar-refractivity contribution in [2.24, 2.45) is 0 Å². The van der Waals surface area contributed by atoms with Crippen LogP contribution in [0.15, 0.2) is 24.5 Å². The molecule has 1 aromatic carbocycles. The van der Waals surface area contributed by atoms with Crippen LogP contribution in [0, 0.1) is 12.7 Å². The normalized spacial score (nSPS) is 18.1. The monoisotopic (exact) mass is 601 g/mol. The average Bonchev–Trinajstić information content (AvgIpc) is 2.91. The van der Waals surface area contributed by atoms with Crippen molar-refractivity contribution in [2.75, 3.05) is 25.1 Å². The van der Waals surface area contributed by atoms with Gasteiger partial charge in [0.15, 0.2) is 8.32 Å². The van der Waals surface area contributed by atoms with E-state index in [-0.39, 0.29) is 28.1 Å². The number of benzene rings is 1. The summed E-state index contributed by atoms with van der Waals surface area (Å²) in [7, 11) is -2.11. The summed E-state index contributed by atoms with van der Waals surface area (Å²) >= 11 is 6.53. The first-order valence-electron chi connectivity index (χ1n) is 14.0. The Bertz CT molecular complexity index is 1470. The van der Waals surface area contributed by atoms with E-state index in [4.69, 9.17) is 30.2 Å². The minimum Gasteiger partial charge on any atom is -0.477 e. The largest absolute Gasteiger partial charge is 0.477 e. The van der Waals surface area contributed by atoms with E-state index in [2.05, 4.69) is 49.1 Å². The van der Waals surface area contributed by atoms with E-state index < -0.39 is 20.2 Å². The van der Waals surface area contributed by atoms with Gasteiger partial charge in [-0.05, 0) is 48.1 Å². The summed E-state index contributed by atoms with van der Waals surface area (Å²) in [5, 5.41) is 3.70. The van der Waals surface area contributed by atoms with Gasteiger partial charge in [-0.3, -0.25) is 5.32 Å². The summed E-state index contributed by atoms with van der Waals surface area (Å²) in [6, 6.07) is 3.36. The number of halogens is 2. The Morgan fingerprint density at radius 1 is 1.10 bits per heavy atom. The molecule has 0 saturated carbocycles. The second-order valence-corrected chi connectivity index (χ2v) is 17.3. The molecule has 1 unspecified atom stereocenters. The number of carbonyl (C=O) groups excluding carboxylic acids is 1. The van der Waals surface area contributed by atoms with Crippen LogP contribution in [0.3, 0.4) is 0 Å². The van der Waals surface area contributed by atoms with Crippen LogP contribution in [0.2, 0.25) is 23.2 Å². The van der Waals surface area contributed by atoms with Crippen molar-refractivity contribution >= 4 is 42.6 Å². The fourth-order valence-corrected chi connectivity index (χ4v) is 6.55. The fraction of sp³-hybridized carbons (Fsp3) is 0.500. The van der Waals surface area contributed by atoms with E-state index in [1.54, 1.807) is 18.3 Å². The molecular weight excluding hydrogens is 565 g/mol. The molecule has 1 fully saturated rings. The molecule has 0 bridgehead atoms. The van der Waals surface area contributed by atoms with Crippen molar-refractivity contribution in [3.8, 4) is 17.0 Å². The Hall–Kier alpha value is -2.79. The Labute approximate surface area is 246 Å². The third-order valence-electron chi connectivity index (χ3n) is 8.40. The van der Waals surface area contributed by atoms with Crippen LogP contribution in [-0.2, 0) is 13.9 Å². The first kappa shape index (κ1) is 29.7. The molecule has 5 rings (SSSR count). The van der Waals surface area contributed by atoms with Crippen LogP contribution >= 0.6 is 11.6 Å². The number of pyridine rings is 2. The summed E-state index contributed by atoms with van der Waals surface area (Å²) in [5.74, 6) is 0.232. The Morgan fingerprint density at radius 3 is 2.54 bits per heavy atom. The van der Waals surface area contributed by atoms with Gasteiger partial charge in [-0.25, -0.2) is 19.2 Å². The van der Waals surface area contributed by atoms with Crippen LogP contribution in [0.25, 0.3) is 21.9 Å². The summed E-state index contributed by atoms with van der Waals surface area (Å²) in [6.07, 6.45) is 4.06. The highest BCUT2D eigenvalue weighted by atomic mass is 35.5. The Balaban J connectivity index is 1.49. The molecule has 1 saturated heterocycles. The molecular formula is C30H37ClFN3O5Si. The zero-order chi connectivity index (χ0) is 29.5. The lowest BCUT2D eigenvalue weighted by Gasteiger charge is -2.41. The van der Waals surface area contributed by atoms with Gasteiger partial charge in [0, 0.05) is 53.7 Å². The van der Waals surface area contributed by atoms with Crippen molar-refractivity contribution in [1.29, 1.82) is 0 Å². The van der Waals surface area contributed by atoms with E-state index in [0.717, 1.165) is 11.1 Å². The van der Waals surface area contributed by atoms with Crippen molar-refractivity contribution in [3.63, 3.8) is 0 Å². The van der Waals surface area contributed by atoms with Gasteiger partial charge in [-0.1, -0.05) is 32.4 Å². The van der Waals surface area contributed by atoms with Crippen molar-refractivity contribution < 1.29 is 27.8 Å². The van der Waals surface area contributed by atoms with Crippen LogP contribution in [0.4, 0.5) is 15.0 Å². The quantitative estimate of drug-likeness (QED) is 0.296. The van der Waals surface area contributed by atoms with E-state index in [1.807, 2.05) is 6.92 Å². The highest BCUT2D eigenvalue weighted by molar-refractivity contribution is 6.74. The summed E-state index contributed by atoms with van der Waals surface area (Å²) in [5.41, 5.74) is 2.58. The molecule has 2 aliphatic rings. The predicted molar refractivity (Wildman–Crippen MR) is 160 cm³/mol. The molecule has 220 valence electrons. The lowest BCUT2D eigenvalue weighted by Crippen LogP contribution is -2.42. The number of fused-ring (bicyclic) bond motifs is 2. The number of aromatic nitrogens is 2. The minimum absolute atomic E-state index is 0.0272. The third-order valence-corrected chi connectivity index (χ3v) is 13.3. The zero-order valence-electron chi connectivity index (χ0n) is 24.4. The average molecular weight is 602 g/mol. The topological polar surface area (TPSA) is 91.8 Å². The molecule has 1 atom stereocenters. The lowest BCUT2D eigenvalue weighted by molar-refractivity contribution is 0.00590. The number of carbonyl (C=O) groups is 1. The molecule has 11 heteroatoms. The van der Waals surface area contributed by atoms with Crippen molar-refractivity contribution in [3.05, 3.63) is 46.5 Å². The molecule has 3 aromatic rings. The van der Waals surface area contributed by atoms with Gasteiger partial charge < -0.3 is 18.6 Å². The van der Waals surface area contributed by atoms with Gasteiger partial charge in [0.25, 0.3) is 0 Å².